The number of hydrogen-bond donors (Lipinski definition) is 1. The van der Waals surface area contributed by atoms with Crippen molar-refractivity contribution in [3.63, 3.8) is 0 Å². The zero-order valence-electron chi connectivity index (χ0n) is 9.30. The Morgan fingerprint density at radius 2 is 2.21 bits per heavy atom. The highest BCUT2D eigenvalue weighted by atomic mass is 16.5. The third-order valence-corrected chi connectivity index (χ3v) is 3.80. The fourth-order valence-corrected chi connectivity index (χ4v) is 3.03. The minimum Gasteiger partial charge on any atom is -0.381 e. The fraction of sp³-hybridized carbons (Fsp3) is 1.00. The van der Waals surface area contributed by atoms with Crippen LogP contribution in [-0.4, -0.2) is 25.8 Å². The molecule has 0 bridgehead atoms. The lowest BCUT2D eigenvalue weighted by molar-refractivity contribution is 0.166. The molecule has 1 aliphatic heterocycles. The molecule has 2 heteroatoms. The lowest BCUT2D eigenvalue weighted by atomic mass is 9.87. The maximum Gasteiger partial charge on any atom is 0.0498 e. The summed E-state index contributed by atoms with van der Waals surface area (Å²) in [5.41, 5.74) is 0. The van der Waals surface area contributed by atoms with E-state index >= 15 is 0 Å². The van der Waals surface area contributed by atoms with E-state index in [0.29, 0.717) is 0 Å². The molecule has 0 aromatic carbocycles. The SMILES string of the molecule is CCCNC1CCCC1C1CCOC1. The Balaban J connectivity index is 1.82. The molecular formula is C12H23NO. The average molecular weight is 197 g/mol. The second-order valence-corrected chi connectivity index (χ2v) is 4.78. The normalized spacial score (nSPS) is 37.9. The van der Waals surface area contributed by atoms with E-state index in [1.54, 1.807) is 0 Å². The van der Waals surface area contributed by atoms with E-state index in [4.69, 9.17) is 4.74 Å². The summed E-state index contributed by atoms with van der Waals surface area (Å²) in [6.45, 7) is 5.46. The van der Waals surface area contributed by atoms with Crippen LogP contribution in [0.2, 0.25) is 0 Å². The van der Waals surface area contributed by atoms with Crippen molar-refractivity contribution in [2.45, 2.75) is 45.1 Å². The molecule has 1 aliphatic carbocycles. The lowest BCUT2D eigenvalue weighted by Crippen LogP contribution is -2.36. The maximum absolute atomic E-state index is 5.49. The molecule has 0 radical (unpaired) electrons. The average Bonchev–Trinajstić information content (AvgIpc) is 2.84. The van der Waals surface area contributed by atoms with E-state index in [1.165, 1.54) is 38.6 Å². The Labute approximate surface area is 87.4 Å². The second kappa shape index (κ2) is 5.13. The topological polar surface area (TPSA) is 21.3 Å². The number of nitrogens with one attached hydrogen (secondary N) is 1. The minimum atomic E-state index is 0.793. The third kappa shape index (κ3) is 2.29. The summed E-state index contributed by atoms with van der Waals surface area (Å²) in [5.74, 6) is 1.76. The van der Waals surface area contributed by atoms with Crippen LogP contribution in [0.25, 0.3) is 0 Å². The largest absolute Gasteiger partial charge is 0.381 e. The van der Waals surface area contributed by atoms with Gasteiger partial charge in [-0.3, -0.25) is 0 Å². The minimum absolute atomic E-state index is 0.793. The van der Waals surface area contributed by atoms with Gasteiger partial charge in [-0.2, -0.15) is 0 Å². The van der Waals surface area contributed by atoms with Gasteiger partial charge in [-0.1, -0.05) is 13.3 Å². The molecule has 14 heavy (non-hydrogen) atoms. The fourth-order valence-electron chi connectivity index (χ4n) is 3.03. The van der Waals surface area contributed by atoms with Gasteiger partial charge in [-0.25, -0.2) is 0 Å². The van der Waals surface area contributed by atoms with Crippen LogP contribution < -0.4 is 5.32 Å². The Bertz CT molecular complexity index is 166. The molecule has 0 spiro atoms. The number of rotatable bonds is 4. The number of hydrogen-bond acceptors (Lipinski definition) is 2. The molecule has 2 fully saturated rings. The smallest absolute Gasteiger partial charge is 0.0498 e. The Hall–Kier alpha value is -0.0800. The molecular weight excluding hydrogens is 174 g/mol. The Kier molecular flexibility index (Phi) is 3.82. The Morgan fingerprint density at radius 1 is 1.29 bits per heavy atom. The van der Waals surface area contributed by atoms with E-state index in [9.17, 15) is 0 Å². The van der Waals surface area contributed by atoms with Gasteiger partial charge in [-0.15, -0.1) is 0 Å². The molecule has 1 N–H and O–H groups in total. The summed E-state index contributed by atoms with van der Waals surface area (Å²) in [5, 5.41) is 3.70. The summed E-state index contributed by atoms with van der Waals surface area (Å²) in [6, 6.07) is 0.793. The molecule has 1 saturated heterocycles. The molecule has 0 aromatic rings. The summed E-state index contributed by atoms with van der Waals surface area (Å²) in [7, 11) is 0. The molecule has 3 atom stereocenters. The first-order valence-corrected chi connectivity index (χ1v) is 6.23. The van der Waals surface area contributed by atoms with Crippen molar-refractivity contribution >= 4 is 0 Å². The van der Waals surface area contributed by atoms with Crippen LogP contribution in [0.5, 0.6) is 0 Å². The van der Waals surface area contributed by atoms with Crippen molar-refractivity contribution in [1.29, 1.82) is 0 Å². The van der Waals surface area contributed by atoms with Gasteiger partial charge < -0.3 is 10.1 Å². The van der Waals surface area contributed by atoms with E-state index in [0.717, 1.165) is 31.1 Å². The van der Waals surface area contributed by atoms with Crippen molar-refractivity contribution in [3.05, 3.63) is 0 Å². The molecule has 0 aromatic heterocycles. The molecule has 2 rings (SSSR count). The third-order valence-electron chi connectivity index (χ3n) is 3.80. The molecule has 1 heterocycles. The lowest BCUT2D eigenvalue weighted by Gasteiger charge is -2.25. The van der Waals surface area contributed by atoms with Gasteiger partial charge >= 0.3 is 0 Å². The van der Waals surface area contributed by atoms with Gasteiger partial charge in [0.1, 0.15) is 0 Å². The van der Waals surface area contributed by atoms with Gasteiger partial charge in [0.15, 0.2) is 0 Å². The summed E-state index contributed by atoms with van der Waals surface area (Å²) in [6.07, 6.45) is 6.79. The van der Waals surface area contributed by atoms with E-state index < -0.39 is 0 Å². The van der Waals surface area contributed by atoms with Crippen LogP contribution >= 0.6 is 0 Å². The van der Waals surface area contributed by atoms with Gasteiger partial charge in [-0.05, 0) is 44.1 Å². The zero-order chi connectivity index (χ0) is 9.80. The summed E-state index contributed by atoms with van der Waals surface area (Å²) in [4.78, 5) is 0. The highest BCUT2D eigenvalue weighted by Gasteiger charge is 2.34. The predicted molar refractivity (Wildman–Crippen MR) is 58.3 cm³/mol. The highest BCUT2D eigenvalue weighted by molar-refractivity contribution is 4.88. The van der Waals surface area contributed by atoms with Gasteiger partial charge in [0, 0.05) is 19.3 Å². The molecule has 2 aliphatic rings. The molecule has 2 nitrogen and oxygen atoms in total. The van der Waals surface area contributed by atoms with Gasteiger partial charge in [0.25, 0.3) is 0 Å². The van der Waals surface area contributed by atoms with Crippen LogP contribution in [0, 0.1) is 11.8 Å². The molecule has 1 saturated carbocycles. The summed E-state index contributed by atoms with van der Waals surface area (Å²) >= 11 is 0. The van der Waals surface area contributed by atoms with Crippen molar-refractivity contribution in [2.75, 3.05) is 19.8 Å². The van der Waals surface area contributed by atoms with Crippen LogP contribution in [-0.2, 0) is 4.74 Å². The first kappa shape index (κ1) is 10.4. The first-order chi connectivity index (χ1) is 6.92. The number of ether oxygens (including phenoxy) is 1. The van der Waals surface area contributed by atoms with E-state index in [2.05, 4.69) is 12.2 Å². The summed E-state index contributed by atoms with van der Waals surface area (Å²) < 4.78 is 5.49. The van der Waals surface area contributed by atoms with E-state index in [1.807, 2.05) is 0 Å². The van der Waals surface area contributed by atoms with Crippen LogP contribution in [0.3, 0.4) is 0 Å². The molecule has 0 amide bonds. The van der Waals surface area contributed by atoms with Crippen molar-refractivity contribution in [1.82, 2.24) is 5.32 Å². The van der Waals surface area contributed by atoms with Gasteiger partial charge in [0.05, 0.1) is 0 Å². The predicted octanol–water partition coefficient (Wildman–Crippen LogP) is 2.19. The first-order valence-electron chi connectivity index (χ1n) is 6.23. The Morgan fingerprint density at radius 3 is 2.93 bits per heavy atom. The molecule has 3 unspecified atom stereocenters. The van der Waals surface area contributed by atoms with Crippen molar-refractivity contribution < 1.29 is 4.74 Å². The second-order valence-electron chi connectivity index (χ2n) is 4.78. The monoisotopic (exact) mass is 197 g/mol. The van der Waals surface area contributed by atoms with Crippen LogP contribution in [0.1, 0.15) is 39.0 Å². The quantitative estimate of drug-likeness (QED) is 0.746. The van der Waals surface area contributed by atoms with Crippen molar-refractivity contribution in [3.8, 4) is 0 Å². The standard InChI is InChI=1S/C12H23NO/c1-2-7-13-12-5-3-4-11(12)10-6-8-14-9-10/h10-13H,2-9H2,1H3. The van der Waals surface area contributed by atoms with E-state index in [-0.39, 0.29) is 0 Å². The van der Waals surface area contributed by atoms with Crippen molar-refractivity contribution in [2.24, 2.45) is 11.8 Å². The maximum atomic E-state index is 5.49. The van der Waals surface area contributed by atoms with Crippen LogP contribution in [0.15, 0.2) is 0 Å². The highest BCUT2D eigenvalue weighted by Crippen LogP contribution is 2.35. The van der Waals surface area contributed by atoms with Gasteiger partial charge in [0.2, 0.25) is 0 Å². The van der Waals surface area contributed by atoms with Crippen LogP contribution in [0.4, 0.5) is 0 Å². The zero-order valence-corrected chi connectivity index (χ0v) is 9.30. The molecule has 82 valence electrons.